The standard InChI is InChI=1S/C45H51N3O15/c1-6-20-58-43(55)46-17-11-18-48(44(56)59-21-7-2)19-12-22-57-25-32-28-15-16-45(26(4)49,63-42(54)40-39-41(53)47(8-3)24-33(61-39)62-40)23-31(28)38(60-27(5)50)35-34(32)36(51)29-13-9-10-14-30(29)37(35)52/h6-7,9-10,13-14,33,39-40H,1-2,8,11-12,15-25H2,3-5H3,(H,46,55)/t33-,39+,40+,45+/m0/s1. The smallest absolute Gasteiger partial charge is 0.410 e. The fourth-order valence-electron chi connectivity index (χ4n) is 8.20. The maximum absolute atomic E-state index is 14.4. The number of morpholine rings is 1. The molecule has 2 saturated heterocycles. The van der Waals surface area contributed by atoms with Gasteiger partial charge in [-0.25, -0.2) is 14.4 Å². The van der Waals surface area contributed by atoms with Gasteiger partial charge in [0.1, 0.15) is 19.0 Å². The number of amides is 3. The molecular weight excluding hydrogens is 823 g/mol. The van der Waals surface area contributed by atoms with Crippen LogP contribution in [0.3, 0.4) is 0 Å². The molecule has 2 fully saturated rings. The van der Waals surface area contributed by atoms with E-state index in [0.717, 1.165) is 6.92 Å². The average molecular weight is 874 g/mol. The Kier molecular flexibility index (Phi) is 14.9. The summed E-state index contributed by atoms with van der Waals surface area (Å²) in [4.78, 5) is 110. The van der Waals surface area contributed by atoms with Crippen molar-refractivity contribution in [2.45, 2.75) is 83.6 Å². The van der Waals surface area contributed by atoms with Crippen LogP contribution in [0.5, 0.6) is 5.75 Å². The Labute approximate surface area is 363 Å². The monoisotopic (exact) mass is 873 g/mol. The van der Waals surface area contributed by atoms with Crippen LogP contribution in [0.15, 0.2) is 49.6 Å². The van der Waals surface area contributed by atoms with E-state index in [2.05, 4.69) is 18.5 Å². The second-order valence-electron chi connectivity index (χ2n) is 15.3. The molecule has 4 atom stereocenters. The Morgan fingerprint density at radius 3 is 2.29 bits per heavy atom. The molecule has 63 heavy (non-hydrogen) atoms. The molecule has 0 unspecified atom stereocenters. The van der Waals surface area contributed by atoms with Gasteiger partial charge in [-0.05, 0) is 50.7 Å². The molecule has 1 N–H and O–H groups in total. The van der Waals surface area contributed by atoms with Gasteiger partial charge < -0.3 is 48.3 Å². The minimum atomic E-state index is -1.86. The first-order chi connectivity index (χ1) is 30.2. The van der Waals surface area contributed by atoms with Crippen molar-refractivity contribution < 1.29 is 71.5 Å². The topological polar surface area (TPSA) is 220 Å². The van der Waals surface area contributed by atoms with Crippen LogP contribution in [0.2, 0.25) is 0 Å². The van der Waals surface area contributed by atoms with Crippen LogP contribution in [0.1, 0.15) is 88.6 Å². The van der Waals surface area contributed by atoms with E-state index in [1.165, 1.54) is 41.0 Å². The zero-order chi connectivity index (χ0) is 45.4. The molecule has 2 aliphatic heterocycles. The van der Waals surface area contributed by atoms with Crippen molar-refractivity contribution in [2.24, 2.45) is 0 Å². The van der Waals surface area contributed by atoms with Crippen LogP contribution in [0, 0.1) is 0 Å². The number of hydrogen-bond donors (Lipinski definition) is 1. The van der Waals surface area contributed by atoms with Crippen molar-refractivity contribution in [2.75, 3.05) is 52.5 Å². The number of ketones is 3. The molecule has 336 valence electrons. The van der Waals surface area contributed by atoms with E-state index in [1.54, 1.807) is 19.1 Å². The third kappa shape index (κ3) is 9.87. The predicted molar refractivity (Wildman–Crippen MR) is 220 cm³/mol. The molecule has 0 aromatic heterocycles. The zero-order valence-corrected chi connectivity index (χ0v) is 35.5. The number of alkyl carbamates (subject to hydrolysis) is 1. The summed E-state index contributed by atoms with van der Waals surface area (Å²) in [6.45, 7) is 12.3. The van der Waals surface area contributed by atoms with Crippen LogP contribution in [0.4, 0.5) is 9.59 Å². The van der Waals surface area contributed by atoms with Gasteiger partial charge in [0.15, 0.2) is 41.4 Å². The number of nitrogens with zero attached hydrogens (tertiary/aromatic N) is 2. The van der Waals surface area contributed by atoms with Crippen molar-refractivity contribution in [1.29, 1.82) is 0 Å². The summed E-state index contributed by atoms with van der Waals surface area (Å²) in [5.41, 5.74) is -0.843. The van der Waals surface area contributed by atoms with Gasteiger partial charge in [0.25, 0.3) is 5.91 Å². The molecule has 0 spiro atoms. The second kappa shape index (κ2) is 20.3. The fraction of sp³-hybridized carbons (Fsp3) is 0.467. The maximum Gasteiger partial charge on any atom is 0.410 e. The van der Waals surface area contributed by atoms with Crippen molar-refractivity contribution in [3.63, 3.8) is 0 Å². The van der Waals surface area contributed by atoms with E-state index >= 15 is 0 Å². The number of likely N-dealkylation sites (N-methyl/N-ethyl adjacent to an activating group) is 1. The van der Waals surface area contributed by atoms with Crippen molar-refractivity contribution in [3.05, 3.63) is 88.5 Å². The number of hydrogen-bond acceptors (Lipinski definition) is 15. The van der Waals surface area contributed by atoms with E-state index < -0.39 is 71.5 Å². The number of rotatable bonds is 19. The van der Waals surface area contributed by atoms with Crippen LogP contribution in [-0.4, -0.2) is 134 Å². The minimum Gasteiger partial charge on any atom is -0.449 e. The van der Waals surface area contributed by atoms with E-state index in [1.807, 2.05) is 0 Å². The maximum atomic E-state index is 14.4. The highest BCUT2D eigenvalue weighted by Gasteiger charge is 2.55. The third-order valence-corrected chi connectivity index (χ3v) is 11.2. The minimum absolute atomic E-state index is 0.0141. The lowest BCUT2D eigenvalue weighted by Crippen LogP contribution is -2.53. The first-order valence-corrected chi connectivity index (χ1v) is 20.8. The van der Waals surface area contributed by atoms with Gasteiger partial charge in [-0.1, -0.05) is 49.6 Å². The van der Waals surface area contributed by atoms with Gasteiger partial charge in [-0.15, -0.1) is 0 Å². The molecule has 6 rings (SSSR count). The quantitative estimate of drug-likeness (QED) is 0.0599. The van der Waals surface area contributed by atoms with Gasteiger partial charge in [-0.2, -0.15) is 0 Å². The third-order valence-electron chi connectivity index (χ3n) is 11.2. The Bertz CT molecular complexity index is 2200. The summed E-state index contributed by atoms with van der Waals surface area (Å²) in [5.74, 6) is -4.13. The number of fused-ring (bicyclic) bond motifs is 5. The van der Waals surface area contributed by atoms with Crippen LogP contribution in [0.25, 0.3) is 0 Å². The van der Waals surface area contributed by atoms with Crippen molar-refractivity contribution in [1.82, 2.24) is 15.1 Å². The number of carbonyl (C=O) groups excluding carboxylic acids is 8. The molecular formula is C45H51N3O15. The second-order valence-corrected chi connectivity index (χ2v) is 15.3. The Morgan fingerprint density at radius 1 is 0.937 bits per heavy atom. The summed E-state index contributed by atoms with van der Waals surface area (Å²) in [6.07, 6.45) is -1.66. The zero-order valence-electron chi connectivity index (χ0n) is 35.5. The molecule has 2 aromatic rings. The molecule has 0 radical (unpaired) electrons. The number of esters is 2. The molecule has 2 aromatic carbocycles. The SMILES string of the molecule is C=CCOC(=O)NCCCN(CCCOCc1c2c(c(OC(C)=O)c3c1C(=O)c1ccccc1C3=O)C[C@@](OC(=O)[C@@H]1O[C@H]3CN(CC)C(=O)[C@@H]1O3)(C(C)=O)CC2)C(=O)OCC=C. The van der Waals surface area contributed by atoms with E-state index in [4.69, 9.17) is 33.2 Å². The largest absolute Gasteiger partial charge is 0.449 e. The molecule has 2 heterocycles. The predicted octanol–water partition coefficient (Wildman–Crippen LogP) is 3.55. The number of benzene rings is 2. The van der Waals surface area contributed by atoms with Crippen LogP contribution in [-0.2, 0) is 67.0 Å². The normalized spacial score (nSPS) is 20.7. The van der Waals surface area contributed by atoms with Crippen LogP contribution < -0.4 is 10.1 Å². The highest BCUT2D eigenvalue weighted by Crippen LogP contribution is 2.46. The lowest BCUT2D eigenvalue weighted by Gasteiger charge is -2.39. The lowest BCUT2D eigenvalue weighted by molar-refractivity contribution is -0.178. The Hall–Kier alpha value is -6.24. The van der Waals surface area contributed by atoms with Gasteiger partial charge in [0, 0.05) is 68.4 Å². The summed E-state index contributed by atoms with van der Waals surface area (Å²) in [7, 11) is 0. The molecule has 18 nitrogen and oxygen atoms in total. The van der Waals surface area contributed by atoms with Crippen molar-refractivity contribution in [3.8, 4) is 5.75 Å². The van der Waals surface area contributed by atoms with Gasteiger partial charge >= 0.3 is 24.1 Å². The lowest BCUT2D eigenvalue weighted by atomic mass is 9.71. The highest BCUT2D eigenvalue weighted by molar-refractivity contribution is 6.30. The summed E-state index contributed by atoms with van der Waals surface area (Å²) < 4.78 is 39.6. The Morgan fingerprint density at radius 2 is 1.62 bits per heavy atom. The first kappa shape index (κ1) is 46.3. The average Bonchev–Trinajstić information content (AvgIpc) is 3.64. The number of Topliss-reactive ketones (excluding diaryl/α,β-unsaturated/α-hetero) is 1. The molecule has 4 aliphatic rings. The van der Waals surface area contributed by atoms with Crippen LogP contribution >= 0.6 is 0 Å². The summed E-state index contributed by atoms with van der Waals surface area (Å²) >= 11 is 0. The van der Waals surface area contributed by atoms with E-state index in [9.17, 15) is 38.4 Å². The Balaban J connectivity index is 1.28. The molecule has 2 aliphatic carbocycles. The molecule has 2 bridgehead atoms. The summed E-state index contributed by atoms with van der Waals surface area (Å²) in [6, 6.07) is 6.25. The number of nitrogens with one attached hydrogen (secondary N) is 1. The molecule has 3 amide bonds. The number of carbonyl (C=O) groups is 8. The van der Waals surface area contributed by atoms with Gasteiger partial charge in [0.2, 0.25) is 0 Å². The number of ether oxygens (including phenoxy) is 7. The molecule has 0 saturated carbocycles. The van der Waals surface area contributed by atoms with Crippen molar-refractivity contribution >= 4 is 47.4 Å². The van der Waals surface area contributed by atoms with Gasteiger partial charge in [0.05, 0.1) is 18.7 Å². The van der Waals surface area contributed by atoms with E-state index in [-0.39, 0.29) is 105 Å². The van der Waals surface area contributed by atoms with Gasteiger partial charge in [-0.3, -0.25) is 24.0 Å². The van der Waals surface area contributed by atoms with E-state index in [0.29, 0.717) is 30.5 Å². The highest BCUT2D eigenvalue weighted by atomic mass is 16.8. The summed E-state index contributed by atoms with van der Waals surface area (Å²) in [5, 5.41) is 2.60. The molecule has 18 heteroatoms. The first-order valence-electron chi connectivity index (χ1n) is 20.8. The fourth-order valence-corrected chi connectivity index (χ4v) is 8.20.